The van der Waals surface area contributed by atoms with Gasteiger partial charge >= 0.3 is 0 Å². The van der Waals surface area contributed by atoms with Crippen LogP contribution in [-0.2, 0) is 13.0 Å². The van der Waals surface area contributed by atoms with Crippen LogP contribution >= 0.6 is 0 Å². The lowest BCUT2D eigenvalue weighted by molar-refractivity contribution is 0.291. The summed E-state index contributed by atoms with van der Waals surface area (Å²) in [7, 11) is 0. The minimum Gasteiger partial charge on any atom is -0.493 e. The number of benzene rings is 3. The van der Waals surface area contributed by atoms with E-state index in [-0.39, 0.29) is 0 Å². The molecule has 0 atom stereocenters. The van der Waals surface area contributed by atoms with Crippen LogP contribution in [0.15, 0.2) is 72.8 Å². The van der Waals surface area contributed by atoms with E-state index in [1.165, 1.54) is 5.56 Å². The number of rotatable bonds is 9. The highest BCUT2D eigenvalue weighted by molar-refractivity contribution is 5.73. The topological polar surface area (TPSA) is 18.5 Å². The summed E-state index contributed by atoms with van der Waals surface area (Å²) in [6.45, 7) is 5.63. The Bertz CT molecular complexity index is 826. The molecule has 0 saturated carbocycles. The zero-order valence-electron chi connectivity index (χ0n) is 16.3. The minimum absolute atomic E-state index is 0.542. The first-order valence-electron chi connectivity index (χ1n) is 9.83. The largest absolute Gasteiger partial charge is 0.493 e. The number of ether oxygens (including phenoxy) is 2. The summed E-state index contributed by atoms with van der Waals surface area (Å²) in [5.41, 5.74) is 4.66. The highest BCUT2D eigenvalue weighted by Crippen LogP contribution is 2.37. The first-order chi connectivity index (χ1) is 13.3. The Labute approximate surface area is 162 Å². The maximum absolute atomic E-state index is 6.24. The lowest BCUT2D eigenvalue weighted by Gasteiger charge is -2.17. The van der Waals surface area contributed by atoms with E-state index in [0.29, 0.717) is 6.61 Å². The second kappa shape index (κ2) is 9.82. The molecular formula is C25H28O2. The number of hydrogen-bond donors (Lipinski definition) is 0. The van der Waals surface area contributed by atoms with Crippen molar-refractivity contribution in [2.45, 2.75) is 39.7 Å². The van der Waals surface area contributed by atoms with Crippen LogP contribution in [0.4, 0.5) is 0 Å². The number of unbranched alkanes of at least 4 members (excludes halogenated alkanes) is 1. The summed E-state index contributed by atoms with van der Waals surface area (Å²) in [5.74, 6) is 1.81. The van der Waals surface area contributed by atoms with Crippen LogP contribution < -0.4 is 9.47 Å². The highest BCUT2D eigenvalue weighted by Gasteiger charge is 2.13. The molecule has 0 radical (unpaired) electrons. The smallest absolute Gasteiger partial charge is 0.131 e. The van der Waals surface area contributed by atoms with Crippen LogP contribution in [0.3, 0.4) is 0 Å². The first kappa shape index (κ1) is 19.0. The van der Waals surface area contributed by atoms with Gasteiger partial charge in [0.2, 0.25) is 0 Å². The second-order valence-corrected chi connectivity index (χ2v) is 6.65. The molecular weight excluding hydrogens is 332 g/mol. The standard InChI is InChI=1S/C25H28O2/c1-3-5-16-26-24-18-25(27-19-20-12-8-6-9-13-20)23(17-21(24)4-2)22-14-10-7-11-15-22/h6-15,17-18H,3-5,16,19H2,1-2H3. The van der Waals surface area contributed by atoms with Crippen molar-refractivity contribution < 1.29 is 9.47 Å². The molecule has 0 aliphatic heterocycles. The fourth-order valence-electron chi connectivity index (χ4n) is 3.04. The molecule has 3 aromatic rings. The van der Waals surface area contributed by atoms with Crippen molar-refractivity contribution in [1.29, 1.82) is 0 Å². The molecule has 0 saturated heterocycles. The molecule has 0 fully saturated rings. The van der Waals surface area contributed by atoms with Gasteiger partial charge in [-0.2, -0.15) is 0 Å². The number of hydrogen-bond acceptors (Lipinski definition) is 2. The maximum Gasteiger partial charge on any atom is 0.131 e. The summed E-state index contributed by atoms with van der Waals surface area (Å²) in [6, 6.07) is 25.0. The van der Waals surface area contributed by atoms with E-state index in [1.807, 2.05) is 24.3 Å². The van der Waals surface area contributed by atoms with E-state index in [2.05, 4.69) is 62.4 Å². The molecule has 0 amide bonds. The Hall–Kier alpha value is -2.74. The molecule has 0 N–H and O–H groups in total. The molecule has 0 aliphatic carbocycles. The van der Waals surface area contributed by atoms with Crippen LogP contribution in [0, 0.1) is 0 Å². The molecule has 0 unspecified atom stereocenters. The fraction of sp³-hybridized carbons (Fsp3) is 0.280. The third-order valence-electron chi connectivity index (χ3n) is 4.62. The van der Waals surface area contributed by atoms with Gasteiger partial charge < -0.3 is 9.47 Å². The van der Waals surface area contributed by atoms with Gasteiger partial charge in [-0.25, -0.2) is 0 Å². The molecule has 0 aromatic heterocycles. The monoisotopic (exact) mass is 360 g/mol. The normalized spacial score (nSPS) is 10.6. The molecule has 2 nitrogen and oxygen atoms in total. The average Bonchev–Trinajstić information content (AvgIpc) is 2.73. The van der Waals surface area contributed by atoms with Crippen molar-refractivity contribution in [2.24, 2.45) is 0 Å². The molecule has 27 heavy (non-hydrogen) atoms. The maximum atomic E-state index is 6.24. The minimum atomic E-state index is 0.542. The zero-order chi connectivity index (χ0) is 18.9. The van der Waals surface area contributed by atoms with Crippen LogP contribution in [0.5, 0.6) is 11.5 Å². The Morgan fingerprint density at radius 2 is 1.44 bits per heavy atom. The van der Waals surface area contributed by atoms with Gasteiger partial charge in [-0.05, 0) is 35.6 Å². The summed E-state index contributed by atoms with van der Waals surface area (Å²) >= 11 is 0. The van der Waals surface area contributed by atoms with Crippen LogP contribution in [-0.4, -0.2) is 6.61 Å². The lowest BCUT2D eigenvalue weighted by Crippen LogP contribution is -2.03. The zero-order valence-corrected chi connectivity index (χ0v) is 16.3. The van der Waals surface area contributed by atoms with Gasteiger partial charge in [0.1, 0.15) is 18.1 Å². The summed E-state index contributed by atoms with van der Waals surface area (Å²) in [4.78, 5) is 0. The van der Waals surface area contributed by atoms with Crippen LogP contribution in [0.1, 0.15) is 37.8 Å². The Balaban J connectivity index is 1.94. The summed E-state index contributed by atoms with van der Waals surface area (Å²) < 4.78 is 12.3. The fourth-order valence-corrected chi connectivity index (χ4v) is 3.04. The molecule has 3 aromatic carbocycles. The van der Waals surface area contributed by atoms with Gasteiger partial charge in [0.05, 0.1) is 6.61 Å². The quantitative estimate of drug-likeness (QED) is 0.397. The van der Waals surface area contributed by atoms with Gasteiger partial charge in [0.25, 0.3) is 0 Å². The molecule has 0 aliphatic rings. The van der Waals surface area contributed by atoms with E-state index in [1.54, 1.807) is 0 Å². The van der Waals surface area contributed by atoms with Crippen molar-refractivity contribution in [3.63, 3.8) is 0 Å². The van der Waals surface area contributed by atoms with E-state index >= 15 is 0 Å². The van der Waals surface area contributed by atoms with Crippen molar-refractivity contribution in [3.8, 4) is 22.6 Å². The lowest BCUT2D eigenvalue weighted by atomic mass is 10.00. The van der Waals surface area contributed by atoms with Crippen molar-refractivity contribution in [3.05, 3.63) is 83.9 Å². The first-order valence-corrected chi connectivity index (χ1v) is 9.83. The van der Waals surface area contributed by atoms with Crippen molar-refractivity contribution in [1.82, 2.24) is 0 Å². The van der Waals surface area contributed by atoms with Crippen LogP contribution in [0.25, 0.3) is 11.1 Å². The van der Waals surface area contributed by atoms with E-state index in [9.17, 15) is 0 Å². The molecule has 0 bridgehead atoms. The van der Waals surface area contributed by atoms with E-state index < -0.39 is 0 Å². The average molecular weight is 360 g/mol. The van der Waals surface area contributed by atoms with Gasteiger partial charge in [0.15, 0.2) is 0 Å². The second-order valence-electron chi connectivity index (χ2n) is 6.65. The highest BCUT2D eigenvalue weighted by atomic mass is 16.5. The van der Waals surface area contributed by atoms with Gasteiger partial charge in [0, 0.05) is 11.6 Å². The Morgan fingerprint density at radius 1 is 0.741 bits per heavy atom. The predicted octanol–water partition coefficient (Wildman–Crippen LogP) is 6.67. The molecule has 2 heteroatoms. The predicted molar refractivity (Wildman–Crippen MR) is 112 cm³/mol. The third-order valence-corrected chi connectivity index (χ3v) is 4.62. The molecule has 3 rings (SSSR count). The van der Waals surface area contributed by atoms with E-state index in [4.69, 9.17) is 9.47 Å². The van der Waals surface area contributed by atoms with Crippen molar-refractivity contribution in [2.75, 3.05) is 6.61 Å². The van der Waals surface area contributed by atoms with E-state index in [0.717, 1.165) is 54.1 Å². The van der Waals surface area contributed by atoms with Crippen molar-refractivity contribution >= 4 is 0 Å². The summed E-state index contributed by atoms with van der Waals surface area (Å²) in [5, 5.41) is 0. The Kier molecular flexibility index (Phi) is 6.92. The van der Waals surface area contributed by atoms with Crippen LogP contribution in [0.2, 0.25) is 0 Å². The SMILES string of the molecule is CCCCOc1cc(OCc2ccccc2)c(-c2ccccc2)cc1CC. The Morgan fingerprint density at radius 3 is 2.11 bits per heavy atom. The van der Waals surface area contributed by atoms with Gasteiger partial charge in [-0.1, -0.05) is 80.9 Å². The molecule has 0 spiro atoms. The van der Waals surface area contributed by atoms with Gasteiger partial charge in [-0.15, -0.1) is 0 Å². The number of aryl methyl sites for hydroxylation is 1. The molecule has 140 valence electrons. The third kappa shape index (κ3) is 5.13. The summed E-state index contributed by atoms with van der Waals surface area (Å²) in [6.07, 6.45) is 3.12. The molecule has 0 heterocycles. The van der Waals surface area contributed by atoms with Gasteiger partial charge in [-0.3, -0.25) is 0 Å².